The first kappa shape index (κ1) is 8.05. The SMILES string of the molecule is CCOC(=O)C1CC2(C)CC2N1. The van der Waals surface area contributed by atoms with Gasteiger partial charge in [0.25, 0.3) is 0 Å². The number of hydrogen-bond acceptors (Lipinski definition) is 3. The molecule has 1 saturated heterocycles. The van der Waals surface area contributed by atoms with Gasteiger partial charge in [-0.25, -0.2) is 0 Å². The van der Waals surface area contributed by atoms with Crippen LogP contribution in [0.5, 0.6) is 0 Å². The van der Waals surface area contributed by atoms with Crippen molar-refractivity contribution in [3.63, 3.8) is 0 Å². The van der Waals surface area contributed by atoms with Gasteiger partial charge < -0.3 is 10.1 Å². The fourth-order valence-electron chi connectivity index (χ4n) is 2.06. The van der Waals surface area contributed by atoms with Crippen molar-refractivity contribution < 1.29 is 9.53 Å². The second kappa shape index (κ2) is 2.46. The van der Waals surface area contributed by atoms with E-state index < -0.39 is 0 Å². The van der Waals surface area contributed by atoms with Crippen molar-refractivity contribution in [3.05, 3.63) is 0 Å². The highest BCUT2D eigenvalue weighted by molar-refractivity contribution is 5.76. The number of nitrogens with one attached hydrogen (secondary N) is 1. The minimum absolute atomic E-state index is 0.0336. The molecule has 2 aliphatic rings. The molecule has 1 aliphatic heterocycles. The summed E-state index contributed by atoms with van der Waals surface area (Å²) in [4.78, 5) is 11.3. The molecule has 0 aromatic heterocycles. The summed E-state index contributed by atoms with van der Waals surface area (Å²) in [6.07, 6.45) is 2.18. The van der Waals surface area contributed by atoms with Crippen molar-refractivity contribution in [1.29, 1.82) is 0 Å². The van der Waals surface area contributed by atoms with Gasteiger partial charge in [-0.15, -0.1) is 0 Å². The van der Waals surface area contributed by atoms with Crippen LogP contribution in [0.25, 0.3) is 0 Å². The van der Waals surface area contributed by atoms with Crippen LogP contribution in [0.3, 0.4) is 0 Å². The highest BCUT2D eigenvalue weighted by Gasteiger charge is 2.58. The fraction of sp³-hybridized carbons (Fsp3) is 0.889. The molecule has 0 bridgehead atoms. The minimum atomic E-state index is -0.0778. The molecule has 2 fully saturated rings. The average Bonchev–Trinajstić information content (AvgIpc) is 2.51. The summed E-state index contributed by atoms with van der Waals surface area (Å²) in [6, 6.07) is 0.542. The summed E-state index contributed by atoms with van der Waals surface area (Å²) < 4.78 is 4.94. The summed E-state index contributed by atoms with van der Waals surface area (Å²) in [7, 11) is 0. The smallest absolute Gasteiger partial charge is 0.323 e. The van der Waals surface area contributed by atoms with Crippen molar-refractivity contribution in [2.45, 2.75) is 38.8 Å². The minimum Gasteiger partial charge on any atom is -0.465 e. The lowest BCUT2D eigenvalue weighted by atomic mass is 10.0. The normalized spacial score (nSPS) is 43.8. The monoisotopic (exact) mass is 169 g/mol. The Hall–Kier alpha value is -0.570. The number of piperidine rings is 1. The van der Waals surface area contributed by atoms with Gasteiger partial charge in [0.15, 0.2) is 0 Å². The van der Waals surface area contributed by atoms with Crippen LogP contribution in [0.1, 0.15) is 26.7 Å². The Labute approximate surface area is 72.5 Å². The van der Waals surface area contributed by atoms with Crippen LogP contribution in [0, 0.1) is 5.41 Å². The van der Waals surface area contributed by atoms with Crippen molar-refractivity contribution in [2.75, 3.05) is 6.61 Å². The van der Waals surface area contributed by atoms with E-state index in [4.69, 9.17) is 4.74 Å². The molecule has 1 saturated carbocycles. The third kappa shape index (κ3) is 1.12. The van der Waals surface area contributed by atoms with Crippen LogP contribution < -0.4 is 5.32 Å². The van der Waals surface area contributed by atoms with Gasteiger partial charge >= 0.3 is 5.97 Å². The molecule has 0 aromatic rings. The van der Waals surface area contributed by atoms with Gasteiger partial charge in [-0.05, 0) is 25.2 Å². The highest BCUT2D eigenvalue weighted by Crippen LogP contribution is 2.53. The van der Waals surface area contributed by atoms with E-state index in [1.54, 1.807) is 0 Å². The third-order valence-electron chi connectivity index (χ3n) is 3.00. The average molecular weight is 169 g/mol. The third-order valence-corrected chi connectivity index (χ3v) is 3.00. The van der Waals surface area contributed by atoms with E-state index in [1.165, 1.54) is 6.42 Å². The van der Waals surface area contributed by atoms with Crippen LogP contribution in [0.2, 0.25) is 0 Å². The van der Waals surface area contributed by atoms with Crippen LogP contribution in [-0.2, 0) is 9.53 Å². The topological polar surface area (TPSA) is 38.3 Å². The maximum absolute atomic E-state index is 11.3. The molecule has 3 unspecified atom stereocenters. The first-order chi connectivity index (χ1) is 5.65. The first-order valence-corrected chi connectivity index (χ1v) is 4.58. The lowest BCUT2D eigenvalue weighted by molar-refractivity contribution is -0.145. The van der Waals surface area contributed by atoms with Gasteiger partial charge in [-0.3, -0.25) is 4.79 Å². The summed E-state index contributed by atoms with van der Waals surface area (Å²) in [5.41, 5.74) is 0.400. The molecule has 1 heterocycles. The standard InChI is InChI=1S/C9H15NO2/c1-3-12-8(11)6-4-9(2)5-7(9)10-6/h6-7,10H,3-5H2,1-2H3. The maximum Gasteiger partial charge on any atom is 0.323 e. The molecule has 0 radical (unpaired) electrons. The molecule has 68 valence electrons. The summed E-state index contributed by atoms with van der Waals surface area (Å²) in [6.45, 7) is 4.55. The molecule has 12 heavy (non-hydrogen) atoms. The number of hydrogen-bond donors (Lipinski definition) is 1. The number of carbonyl (C=O) groups excluding carboxylic acids is 1. The molecule has 0 amide bonds. The molecule has 0 spiro atoms. The Morgan fingerprint density at radius 1 is 1.67 bits per heavy atom. The van der Waals surface area contributed by atoms with Crippen LogP contribution in [0.15, 0.2) is 0 Å². The largest absolute Gasteiger partial charge is 0.465 e. The molecule has 3 heteroatoms. The van der Waals surface area contributed by atoms with Gasteiger partial charge in [0.1, 0.15) is 6.04 Å². The lowest BCUT2D eigenvalue weighted by Crippen LogP contribution is -2.35. The Balaban J connectivity index is 1.88. The Morgan fingerprint density at radius 3 is 2.92 bits per heavy atom. The highest BCUT2D eigenvalue weighted by atomic mass is 16.5. The van der Waals surface area contributed by atoms with Gasteiger partial charge in [0, 0.05) is 6.04 Å². The van der Waals surface area contributed by atoms with Crippen LogP contribution in [0.4, 0.5) is 0 Å². The number of carbonyl (C=O) groups is 1. The van der Waals surface area contributed by atoms with E-state index in [0.29, 0.717) is 18.1 Å². The molecule has 0 aromatic carbocycles. The maximum atomic E-state index is 11.3. The second-order valence-corrected chi connectivity index (χ2v) is 4.09. The number of fused-ring (bicyclic) bond motifs is 1. The molecular formula is C9H15NO2. The van der Waals surface area contributed by atoms with E-state index in [9.17, 15) is 4.79 Å². The van der Waals surface area contributed by atoms with E-state index in [1.807, 2.05) is 6.92 Å². The summed E-state index contributed by atoms with van der Waals surface area (Å²) >= 11 is 0. The molecule has 3 nitrogen and oxygen atoms in total. The first-order valence-electron chi connectivity index (χ1n) is 4.58. The van der Waals surface area contributed by atoms with Crippen LogP contribution >= 0.6 is 0 Å². The zero-order valence-corrected chi connectivity index (χ0v) is 7.59. The zero-order valence-electron chi connectivity index (χ0n) is 7.59. The number of rotatable bonds is 2. The molecule has 2 rings (SSSR count). The fourth-order valence-corrected chi connectivity index (χ4v) is 2.06. The van der Waals surface area contributed by atoms with Crippen molar-refractivity contribution in [2.24, 2.45) is 5.41 Å². The predicted molar refractivity (Wildman–Crippen MR) is 44.7 cm³/mol. The van der Waals surface area contributed by atoms with Crippen LogP contribution in [-0.4, -0.2) is 24.7 Å². The molecular weight excluding hydrogens is 154 g/mol. The Morgan fingerprint density at radius 2 is 2.42 bits per heavy atom. The van der Waals surface area contributed by atoms with Crippen molar-refractivity contribution in [3.8, 4) is 0 Å². The zero-order chi connectivity index (χ0) is 8.77. The number of esters is 1. The summed E-state index contributed by atoms with van der Waals surface area (Å²) in [5.74, 6) is -0.0778. The van der Waals surface area contributed by atoms with E-state index in [-0.39, 0.29) is 12.0 Å². The van der Waals surface area contributed by atoms with Crippen molar-refractivity contribution >= 4 is 5.97 Å². The Bertz CT molecular complexity index is 217. The summed E-state index contributed by atoms with van der Waals surface area (Å²) in [5, 5.41) is 3.28. The number of ether oxygens (including phenoxy) is 1. The molecule has 1 aliphatic carbocycles. The second-order valence-electron chi connectivity index (χ2n) is 4.09. The quantitative estimate of drug-likeness (QED) is 0.618. The van der Waals surface area contributed by atoms with E-state index in [0.717, 1.165) is 6.42 Å². The lowest BCUT2D eigenvalue weighted by Gasteiger charge is -2.12. The van der Waals surface area contributed by atoms with E-state index >= 15 is 0 Å². The predicted octanol–water partition coefficient (Wildman–Crippen LogP) is 0.690. The van der Waals surface area contributed by atoms with Crippen molar-refractivity contribution in [1.82, 2.24) is 5.32 Å². The molecule has 3 atom stereocenters. The van der Waals surface area contributed by atoms with Gasteiger partial charge in [0.2, 0.25) is 0 Å². The van der Waals surface area contributed by atoms with Gasteiger partial charge in [-0.1, -0.05) is 6.92 Å². The Kier molecular flexibility index (Phi) is 1.65. The van der Waals surface area contributed by atoms with Gasteiger partial charge in [0.05, 0.1) is 6.61 Å². The molecule has 1 N–H and O–H groups in total. The van der Waals surface area contributed by atoms with E-state index in [2.05, 4.69) is 12.2 Å². The van der Waals surface area contributed by atoms with Gasteiger partial charge in [-0.2, -0.15) is 0 Å².